The fourth-order valence-electron chi connectivity index (χ4n) is 2.94. The molecule has 0 saturated carbocycles. The summed E-state index contributed by atoms with van der Waals surface area (Å²) in [4.78, 5) is 5.40. The molecule has 7 nitrogen and oxygen atoms in total. The van der Waals surface area contributed by atoms with Crippen molar-refractivity contribution in [3.05, 3.63) is 52.1 Å². The second kappa shape index (κ2) is 9.04. The average molecular weight is 428 g/mol. The number of thiazole rings is 1. The van der Waals surface area contributed by atoms with Gasteiger partial charge < -0.3 is 19.7 Å². The molecule has 30 heavy (non-hydrogen) atoms. The van der Waals surface area contributed by atoms with Gasteiger partial charge in [0.15, 0.2) is 0 Å². The molecule has 0 saturated heterocycles. The van der Waals surface area contributed by atoms with Gasteiger partial charge in [-0.1, -0.05) is 0 Å². The predicted molar refractivity (Wildman–Crippen MR) is 119 cm³/mol. The largest absolute Gasteiger partial charge is 0.508 e. The summed E-state index contributed by atoms with van der Waals surface area (Å²) < 4.78 is 12.7. The van der Waals surface area contributed by atoms with E-state index in [1.807, 2.05) is 37.4 Å². The third-order valence-corrected chi connectivity index (χ3v) is 5.19. The Labute approximate surface area is 179 Å². The van der Waals surface area contributed by atoms with E-state index in [9.17, 15) is 10.2 Å². The van der Waals surface area contributed by atoms with Crippen molar-refractivity contribution in [3.8, 4) is 34.3 Å². The van der Waals surface area contributed by atoms with Crippen LogP contribution in [0.3, 0.4) is 0 Å². The molecule has 0 amide bonds. The maximum absolute atomic E-state index is 10.2. The van der Waals surface area contributed by atoms with Crippen LogP contribution in [-0.2, 0) is 0 Å². The molecule has 0 atom stereocenters. The van der Waals surface area contributed by atoms with E-state index in [2.05, 4.69) is 4.99 Å². The Bertz CT molecular complexity index is 1150. The number of aromatic nitrogens is 1. The van der Waals surface area contributed by atoms with Crippen molar-refractivity contribution in [2.24, 2.45) is 10.1 Å². The zero-order chi connectivity index (χ0) is 21.8. The van der Waals surface area contributed by atoms with Crippen LogP contribution >= 0.6 is 11.3 Å². The van der Waals surface area contributed by atoms with Crippen LogP contribution in [0.4, 0.5) is 0 Å². The van der Waals surface area contributed by atoms with E-state index >= 15 is 0 Å². The smallest absolute Gasteiger partial charge is 0.206 e. The summed E-state index contributed by atoms with van der Waals surface area (Å²) in [5.74, 6) is 1.32. The van der Waals surface area contributed by atoms with Crippen molar-refractivity contribution in [2.75, 3.05) is 14.2 Å². The summed E-state index contributed by atoms with van der Waals surface area (Å²) >= 11 is 1.47. The Kier molecular flexibility index (Phi) is 6.47. The van der Waals surface area contributed by atoms with Gasteiger partial charge in [-0.3, -0.25) is 4.99 Å². The minimum atomic E-state index is -0.0464. The van der Waals surface area contributed by atoms with Crippen molar-refractivity contribution in [1.82, 2.24) is 4.68 Å². The van der Waals surface area contributed by atoms with Gasteiger partial charge in [-0.2, -0.15) is 5.10 Å². The minimum absolute atomic E-state index is 0.00969. The second-order valence-corrected chi connectivity index (χ2v) is 7.73. The minimum Gasteiger partial charge on any atom is -0.508 e. The molecule has 1 aromatic heterocycles. The molecule has 0 unspecified atom stereocenters. The highest BCUT2D eigenvalue weighted by molar-refractivity contribution is 7.07. The zero-order valence-electron chi connectivity index (χ0n) is 17.6. The lowest BCUT2D eigenvalue weighted by molar-refractivity contribution is 0.404. The van der Waals surface area contributed by atoms with E-state index in [4.69, 9.17) is 14.6 Å². The molecule has 2 N–H and O–H groups in total. The van der Waals surface area contributed by atoms with E-state index in [-0.39, 0.29) is 17.5 Å². The number of phenols is 2. The molecule has 0 radical (unpaired) electrons. The maximum atomic E-state index is 10.2. The lowest BCUT2D eigenvalue weighted by atomic mass is 10.1. The van der Waals surface area contributed by atoms with Crippen LogP contribution < -0.4 is 14.3 Å². The van der Waals surface area contributed by atoms with Crippen LogP contribution in [0.5, 0.6) is 23.0 Å². The van der Waals surface area contributed by atoms with Crippen molar-refractivity contribution in [1.29, 1.82) is 0 Å². The summed E-state index contributed by atoms with van der Waals surface area (Å²) in [5, 5.41) is 26.5. The van der Waals surface area contributed by atoms with E-state index in [0.29, 0.717) is 27.6 Å². The first-order chi connectivity index (χ1) is 14.3. The number of benzene rings is 2. The van der Waals surface area contributed by atoms with Crippen molar-refractivity contribution >= 4 is 17.0 Å². The SMILES string of the molecule is COc1ccc(OC)c(-c2csc(=NC(C)C)n2N=C(C)c2ccc(O)cc2O)c1. The number of methoxy groups -OCH3 is 2. The predicted octanol–water partition coefficient (Wildman–Crippen LogP) is 4.23. The Hall–Kier alpha value is -3.26. The Balaban J connectivity index is 2.25. The number of ether oxygens (including phenoxy) is 2. The summed E-state index contributed by atoms with van der Waals surface area (Å²) in [7, 11) is 3.23. The highest BCUT2D eigenvalue weighted by Crippen LogP contribution is 2.34. The molecule has 0 aliphatic rings. The van der Waals surface area contributed by atoms with E-state index in [1.165, 1.54) is 23.5 Å². The number of aromatic hydroxyl groups is 2. The average Bonchev–Trinajstić information content (AvgIpc) is 3.08. The van der Waals surface area contributed by atoms with Gasteiger partial charge in [0, 0.05) is 28.6 Å². The van der Waals surface area contributed by atoms with Crippen LogP contribution in [0.15, 0.2) is 51.9 Å². The number of rotatable bonds is 6. The first-order valence-electron chi connectivity index (χ1n) is 9.38. The molecule has 0 aliphatic heterocycles. The quantitative estimate of drug-likeness (QED) is 0.576. The lowest BCUT2D eigenvalue weighted by Gasteiger charge is -2.12. The van der Waals surface area contributed by atoms with Crippen LogP contribution in [0, 0.1) is 0 Å². The highest BCUT2D eigenvalue weighted by Gasteiger charge is 2.15. The maximum Gasteiger partial charge on any atom is 0.206 e. The molecular weight excluding hydrogens is 402 g/mol. The summed E-state index contributed by atoms with van der Waals surface area (Å²) in [6.45, 7) is 5.79. The summed E-state index contributed by atoms with van der Waals surface area (Å²) in [6, 6.07) is 10.1. The van der Waals surface area contributed by atoms with Gasteiger partial charge in [0.05, 0.1) is 25.6 Å². The van der Waals surface area contributed by atoms with Crippen LogP contribution in [0.1, 0.15) is 26.3 Å². The van der Waals surface area contributed by atoms with Gasteiger partial charge >= 0.3 is 0 Å². The molecule has 3 rings (SSSR count). The Morgan fingerprint density at radius 1 is 1.07 bits per heavy atom. The van der Waals surface area contributed by atoms with Crippen LogP contribution in [0.25, 0.3) is 11.3 Å². The third-order valence-electron chi connectivity index (χ3n) is 4.36. The molecule has 0 aliphatic carbocycles. The highest BCUT2D eigenvalue weighted by atomic mass is 32.1. The molecule has 0 spiro atoms. The Morgan fingerprint density at radius 3 is 2.47 bits per heavy atom. The number of nitrogens with zero attached hydrogens (tertiary/aromatic N) is 3. The molecule has 3 aromatic rings. The molecular formula is C22H25N3O4S. The molecule has 8 heteroatoms. The lowest BCUT2D eigenvalue weighted by Crippen LogP contribution is -2.16. The van der Waals surface area contributed by atoms with Gasteiger partial charge in [-0.25, -0.2) is 4.68 Å². The van der Waals surface area contributed by atoms with Crippen LogP contribution in [-0.4, -0.2) is 40.9 Å². The second-order valence-electron chi connectivity index (χ2n) is 6.89. The van der Waals surface area contributed by atoms with Crippen LogP contribution in [0.2, 0.25) is 0 Å². The van der Waals surface area contributed by atoms with E-state index < -0.39 is 0 Å². The van der Waals surface area contributed by atoms with Gasteiger partial charge in [0.2, 0.25) is 4.80 Å². The van der Waals surface area contributed by atoms with Crippen molar-refractivity contribution < 1.29 is 19.7 Å². The van der Waals surface area contributed by atoms with Gasteiger partial charge in [0.25, 0.3) is 0 Å². The molecule has 1 heterocycles. The molecule has 158 valence electrons. The van der Waals surface area contributed by atoms with Crippen molar-refractivity contribution in [3.63, 3.8) is 0 Å². The topological polar surface area (TPSA) is 88.6 Å². The van der Waals surface area contributed by atoms with Gasteiger partial charge in [0.1, 0.15) is 23.0 Å². The Morgan fingerprint density at radius 2 is 1.83 bits per heavy atom. The molecule has 0 fully saturated rings. The number of hydrogen-bond acceptors (Lipinski definition) is 7. The molecule has 0 bridgehead atoms. The monoisotopic (exact) mass is 427 g/mol. The normalized spacial score (nSPS) is 12.5. The fourth-order valence-corrected chi connectivity index (χ4v) is 3.89. The van der Waals surface area contributed by atoms with Gasteiger partial charge in [-0.05, 0) is 51.1 Å². The van der Waals surface area contributed by atoms with E-state index in [1.54, 1.807) is 31.9 Å². The summed E-state index contributed by atoms with van der Waals surface area (Å²) in [5.41, 5.74) is 2.68. The fraction of sp³-hybridized carbons (Fsp3) is 0.273. The first kappa shape index (κ1) is 21.4. The van der Waals surface area contributed by atoms with Crippen molar-refractivity contribution in [2.45, 2.75) is 26.8 Å². The number of hydrogen-bond donors (Lipinski definition) is 2. The number of phenolic OH excluding ortho intramolecular Hbond substituents is 2. The summed E-state index contributed by atoms with van der Waals surface area (Å²) in [6.07, 6.45) is 0. The standard InChI is InChI=1S/C22H25N3O4S/c1-13(2)23-22-25(24-14(3)17-8-6-15(26)10-20(17)27)19(12-30-22)18-11-16(28-4)7-9-21(18)29-5/h6-13,26-27H,1-5H3. The first-order valence-corrected chi connectivity index (χ1v) is 10.3. The molecule has 2 aromatic carbocycles. The zero-order valence-corrected chi connectivity index (χ0v) is 18.4. The van der Waals surface area contributed by atoms with Gasteiger partial charge in [-0.15, -0.1) is 11.3 Å². The van der Waals surface area contributed by atoms with E-state index in [0.717, 1.165) is 11.3 Å². The third kappa shape index (κ3) is 4.49.